The van der Waals surface area contributed by atoms with Crippen LogP contribution in [0.1, 0.15) is 11.3 Å². The van der Waals surface area contributed by atoms with Gasteiger partial charge in [-0.25, -0.2) is 14.0 Å². The lowest BCUT2D eigenvalue weighted by molar-refractivity contribution is 0.234. The third kappa shape index (κ3) is 4.36. The van der Waals surface area contributed by atoms with E-state index in [1.54, 1.807) is 0 Å². The average molecular weight is 379 g/mol. The molecule has 3 aromatic rings. The molecule has 3 rings (SSSR count). The van der Waals surface area contributed by atoms with Crippen molar-refractivity contribution in [3.63, 3.8) is 0 Å². The summed E-state index contributed by atoms with van der Waals surface area (Å²) in [5, 5.41) is 17.4. The van der Waals surface area contributed by atoms with Gasteiger partial charge in [-0.05, 0) is 34.1 Å². The Bertz CT molecular complexity index is 889. The number of nitrogens with one attached hydrogen (secondary N) is 1. The normalized spacial score (nSPS) is 11.6. The molecule has 9 heteroatoms. The van der Waals surface area contributed by atoms with E-state index in [2.05, 4.69) is 15.3 Å². The number of hydrogen-bond acceptors (Lipinski definition) is 6. The molecule has 0 aliphatic rings. The molecule has 0 unspecified atom stereocenters. The van der Waals surface area contributed by atoms with E-state index in [1.165, 1.54) is 30.0 Å². The van der Waals surface area contributed by atoms with Crippen molar-refractivity contribution in [2.45, 2.75) is 10.8 Å². The number of aliphatic imine (C=N–C) groups is 1. The monoisotopic (exact) mass is 378 g/mol. The fraction of sp³-hybridized carbons (Fsp3) is 0.0625. The standard InChI is InChI=1S/C16H12ClFN4O2S/c17-12-8-11(6-7-13(12)18)19-15(20-23)14-16(22-24-21-14)25-9-10-4-2-1-3-5-10/h1-8,23H,9H2,(H,19,20). The van der Waals surface area contributed by atoms with Gasteiger partial charge in [-0.3, -0.25) is 10.7 Å². The van der Waals surface area contributed by atoms with Crippen molar-refractivity contribution in [1.82, 2.24) is 15.8 Å². The zero-order valence-corrected chi connectivity index (χ0v) is 14.3. The minimum atomic E-state index is -0.554. The molecule has 0 saturated heterocycles. The van der Waals surface area contributed by atoms with E-state index < -0.39 is 5.82 Å². The molecule has 0 saturated carbocycles. The first-order valence-electron chi connectivity index (χ1n) is 7.11. The van der Waals surface area contributed by atoms with E-state index in [1.807, 2.05) is 35.8 Å². The Labute approximate surface area is 151 Å². The van der Waals surface area contributed by atoms with E-state index in [4.69, 9.17) is 16.2 Å². The second kappa shape index (κ2) is 8.11. The largest absolute Gasteiger partial charge is 0.290 e. The van der Waals surface area contributed by atoms with Gasteiger partial charge in [0.2, 0.25) is 0 Å². The summed E-state index contributed by atoms with van der Waals surface area (Å²) in [4.78, 5) is 4.17. The van der Waals surface area contributed by atoms with E-state index in [0.717, 1.165) is 5.56 Å². The molecule has 6 nitrogen and oxygen atoms in total. The third-order valence-corrected chi connectivity index (χ3v) is 4.46. The second-order valence-electron chi connectivity index (χ2n) is 4.86. The lowest BCUT2D eigenvalue weighted by Gasteiger charge is -2.04. The molecular weight excluding hydrogens is 367 g/mol. The van der Waals surface area contributed by atoms with Crippen LogP contribution < -0.4 is 5.48 Å². The number of benzene rings is 2. The van der Waals surface area contributed by atoms with Gasteiger partial charge in [0.25, 0.3) is 0 Å². The predicted octanol–water partition coefficient (Wildman–Crippen LogP) is 4.21. The van der Waals surface area contributed by atoms with Crippen LogP contribution in [0.25, 0.3) is 0 Å². The SMILES string of the molecule is ONC(=Nc1ccc(F)c(Cl)c1)c1nonc1SCc1ccccc1. The van der Waals surface area contributed by atoms with Crippen molar-refractivity contribution in [2.75, 3.05) is 0 Å². The van der Waals surface area contributed by atoms with Crippen molar-refractivity contribution >= 4 is 34.9 Å². The van der Waals surface area contributed by atoms with Crippen LogP contribution in [0.15, 0.2) is 63.2 Å². The van der Waals surface area contributed by atoms with Crippen molar-refractivity contribution in [1.29, 1.82) is 0 Å². The average Bonchev–Trinajstić information content (AvgIpc) is 3.10. The van der Waals surface area contributed by atoms with Crippen LogP contribution in [0.4, 0.5) is 10.1 Å². The van der Waals surface area contributed by atoms with Gasteiger partial charge >= 0.3 is 0 Å². The molecule has 0 atom stereocenters. The fourth-order valence-electron chi connectivity index (χ4n) is 1.96. The number of hydrogen-bond donors (Lipinski definition) is 2. The summed E-state index contributed by atoms with van der Waals surface area (Å²) in [6.45, 7) is 0. The number of aromatic nitrogens is 2. The molecule has 128 valence electrons. The van der Waals surface area contributed by atoms with Gasteiger partial charge in [0.1, 0.15) is 5.82 Å². The number of amidine groups is 1. The van der Waals surface area contributed by atoms with E-state index in [-0.39, 0.29) is 16.6 Å². The van der Waals surface area contributed by atoms with E-state index in [9.17, 15) is 9.60 Å². The first-order valence-corrected chi connectivity index (χ1v) is 8.47. The maximum Gasteiger partial charge on any atom is 0.186 e. The molecule has 0 fully saturated rings. The van der Waals surface area contributed by atoms with Gasteiger partial charge in [0, 0.05) is 5.75 Å². The van der Waals surface area contributed by atoms with Crippen molar-refractivity contribution in [3.05, 3.63) is 70.6 Å². The highest BCUT2D eigenvalue weighted by Gasteiger charge is 2.17. The van der Waals surface area contributed by atoms with Crippen LogP contribution in [0.3, 0.4) is 0 Å². The van der Waals surface area contributed by atoms with Gasteiger partial charge in [-0.1, -0.05) is 53.7 Å². The van der Waals surface area contributed by atoms with Crippen molar-refractivity contribution < 1.29 is 14.2 Å². The minimum Gasteiger partial charge on any atom is -0.290 e. The second-order valence-corrected chi connectivity index (χ2v) is 6.23. The number of rotatable bonds is 5. The predicted molar refractivity (Wildman–Crippen MR) is 92.8 cm³/mol. The first kappa shape index (κ1) is 17.4. The van der Waals surface area contributed by atoms with Crippen LogP contribution in [0, 0.1) is 5.82 Å². The van der Waals surface area contributed by atoms with Crippen molar-refractivity contribution in [2.24, 2.45) is 4.99 Å². The van der Waals surface area contributed by atoms with Crippen LogP contribution in [0.2, 0.25) is 5.02 Å². The molecule has 0 aliphatic heterocycles. The lowest BCUT2D eigenvalue weighted by Crippen LogP contribution is -2.21. The summed E-state index contributed by atoms with van der Waals surface area (Å²) in [5.74, 6) is 0.101. The quantitative estimate of drug-likeness (QED) is 0.299. The maximum atomic E-state index is 13.2. The number of hydroxylamine groups is 1. The summed E-state index contributed by atoms with van der Waals surface area (Å²) in [7, 11) is 0. The molecule has 0 bridgehead atoms. The fourth-order valence-corrected chi connectivity index (χ4v) is 2.99. The van der Waals surface area contributed by atoms with Crippen molar-refractivity contribution in [3.8, 4) is 0 Å². The van der Waals surface area contributed by atoms with Gasteiger partial charge in [0.05, 0.1) is 10.7 Å². The Hall–Kier alpha value is -2.42. The Balaban J connectivity index is 1.83. The summed E-state index contributed by atoms with van der Waals surface area (Å²) >= 11 is 7.12. The highest BCUT2D eigenvalue weighted by molar-refractivity contribution is 7.98. The molecule has 25 heavy (non-hydrogen) atoms. The Morgan fingerprint density at radius 1 is 1.24 bits per heavy atom. The number of nitrogens with zero attached hydrogens (tertiary/aromatic N) is 3. The molecule has 0 amide bonds. The van der Waals surface area contributed by atoms with E-state index in [0.29, 0.717) is 16.5 Å². The van der Waals surface area contributed by atoms with Gasteiger partial charge < -0.3 is 0 Å². The zero-order valence-electron chi connectivity index (χ0n) is 12.7. The summed E-state index contributed by atoms with van der Waals surface area (Å²) in [6, 6.07) is 13.7. The summed E-state index contributed by atoms with van der Waals surface area (Å²) in [6.07, 6.45) is 0. The van der Waals surface area contributed by atoms with Gasteiger partial charge in [-0.15, -0.1) is 0 Å². The molecule has 2 N–H and O–H groups in total. The Morgan fingerprint density at radius 2 is 2.04 bits per heavy atom. The molecule has 1 heterocycles. The Morgan fingerprint density at radius 3 is 2.76 bits per heavy atom. The van der Waals surface area contributed by atoms with Crippen LogP contribution in [-0.4, -0.2) is 21.4 Å². The topological polar surface area (TPSA) is 83.5 Å². The van der Waals surface area contributed by atoms with Crippen LogP contribution in [0.5, 0.6) is 0 Å². The highest BCUT2D eigenvalue weighted by Crippen LogP contribution is 2.26. The van der Waals surface area contributed by atoms with E-state index >= 15 is 0 Å². The minimum absolute atomic E-state index is 0.0134. The zero-order chi connectivity index (χ0) is 17.6. The van der Waals surface area contributed by atoms with Gasteiger partial charge in [-0.2, -0.15) is 0 Å². The maximum absolute atomic E-state index is 13.2. The van der Waals surface area contributed by atoms with Gasteiger partial charge in [0.15, 0.2) is 16.6 Å². The third-order valence-electron chi connectivity index (χ3n) is 3.15. The molecule has 0 radical (unpaired) electrons. The molecule has 0 aliphatic carbocycles. The molecule has 2 aromatic carbocycles. The molecular formula is C16H12ClFN4O2S. The Kier molecular flexibility index (Phi) is 5.64. The number of thioether (sulfide) groups is 1. The number of halogens is 2. The molecule has 0 spiro atoms. The highest BCUT2D eigenvalue weighted by atomic mass is 35.5. The molecule has 1 aromatic heterocycles. The first-order chi connectivity index (χ1) is 12.2. The lowest BCUT2D eigenvalue weighted by atomic mass is 10.2. The smallest absolute Gasteiger partial charge is 0.186 e. The van der Waals surface area contributed by atoms with Crippen LogP contribution in [-0.2, 0) is 5.75 Å². The summed E-state index contributed by atoms with van der Waals surface area (Å²) in [5.41, 5.74) is 3.64. The van der Waals surface area contributed by atoms with Crippen LogP contribution >= 0.6 is 23.4 Å². The summed E-state index contributed by atoms with van der Waals surface area (Å²) < 4.78 is 18.0.